The van der Waals surface area contributed by atoms with Crippen LogP contribution in [0.2, 0.25) is 0 Å². The fraction of sp³-hybridized carbons (Fsp3) is 0.500. The van der Waals surface area contributed by atoms with Crippen molar-refractivity contribution in [3.63, 3.8) is 0 Å². The molecule has 1 aromatic carbocycles. The summed E-state index contributed by atoms with van der Waals surface area (Å²) in [5.41, 5.74) is 6.28. The largest absolute Gasteiger partial charge is 0.368 e. The minimum Gasteiger partial charge on any atom is -0.368 e. The number of hydrogen-bond acceptors (Lipinski definition) is 3. The van der Waals surface area contributed by atoms with Gasteiger partial charge in [0.05, 0.1) is 5.54 Å². The van der Waals surface area contributed by atoms with Crippen molar-refractivity contribution in [1.29, 1.82) is 0 Å². The van der Waals surface area contributed by atoms with Gasteiger partial charge in [-0.2, -0.15) is 0 Å². The van der Waals surface area contributed by atoms with Crippen molar-refractivity contribution in [2.24, 2.45) is 5.73 Å². The summed E-state index contributed by atoms with van der Waals surface area (Å²) in [5, 5.41) is 3.58. The first-order valence-corrected chi connectivity index (χ1v) is 7.16. The lowest BCUT2D eigenvalue weighted by Gasteiger charge is -2.24. The third kappa shape index (κ3) is 2.70. The van der Waals surface area contributed by atoms with E-state index in [1.807, 2.05) is 18.8 Å². The number of carbonyl (C=O) groups is 1. The molecule has 0 bridgehead atoms. The van der Waals surface area contributed by atoms with E-state index in [0.717, 1.165) is 19.3 Å². The van der Waals surface area contributed by atoms with Gasteiger partial charge in [0.25, 0.3) is 0 Å². The normalized spacial score (nSPS) is 27.3. The summed E-state index contributed by atoms with van der Waals surface area (Å²) >= 11 is 1.85. The van der Waals surface area contributed by atoms with Gasteiger partial charge in [-0.15, -0.1) is 11.8 Å². The van der Waals surface area contributed by atoms with Crippen molar-refractivity contribution in [2.75, 3.05) is 7.05 Å². The lowest BCUT2D eigenvalue weighted by Crippen LogP contribution is -2.52. The summed E-state index contributed by atoms with van der Waals surface area (Å²) in [7, 11) is 1.82. The molecule has 0 saturated heterocycles. The second-order valence-electron chi connectivity index (χ2n) is 4.99. The van der Waals surface area contributed by atoms with Crippen LogP contribution in [-0.2, 0) is 4.79 Å². The van der Waals surface area contributed by atoms with Crippen LogP contribution in [0.25, 0.3) is 0 Å². The van der Waals surface area contributed by atoms with Crippen molar-refractivity contribution < 1.29 is 4.79 Å². The average Bonchev–Trinajstić information content (AvgIpc) is 2.77. The number of likely N-dealkylation sites (N-methyl/N-ethyl adjacent to an activating group) is 1. The maximum absolute atomic E-state index is 11.5. The number of amides is 1. The van der Waals surface area contributed by atoms with E-state index in [9.17, 15) is 4.79 Å². The summed E-state index contributed by atoms with van der Waals surface area (Å²) < 4.78 is 0. The van der Waals surface area contributed by atoms with Crippen LogP contribution in [0.3, 0.4) is 0 Å². The third-order valence-electron chi connectivity index (χ3n) is 3.74. The summed E-state index contributed by atoms with van der Waals surface area (Å²) in [5.74, 6) is -0.225. The Balaban J connectivity index is 2.01. The van der Waals surface area contributed by atoms with Gasteiger partial charge >= 0.3 is 0 Å². The molecule has 1 fully saturated rings. The van der Waals surface area contributed by atoms with Gasteiger partial charge in [0.2, 0.25) is 5.91 Å². The van der Waals surface area contributed by atoms with E-state index in [1.165, 1.54) is 10.5 Å². The number of nitrogens with one attached hydrogen (secondary N) is 1. The van der Waals surface area contributed by atoms with Crippen LogP contribution in [0.4, 0.5) is 0 Å². The van der Waals surface area contributed by atoms with Crippen molar-refractivity contribution >= 4 is 17.7 Å². The quantitative estimate of drug-likeness (QED) is 0.875. The first-order chi connectivity index (χ1) is 8.55. The Kier molecular flexibility index (Phi) is 3.97. The minimum absolute atomic E-state index is 0.225. The van der Waals surface area contributed by atoms with E-state index in [-0.39, 0.29) is 5.91 Å². The molecule has 1 aliphatic rings. The molecule has 0 spiro atoms. The van der Waals surface area contributed by atoms with Crippen LogP contribution in [0.15, 0.2) is 29.2 Å². The van der Waals surface area contributed by atoms with E-state index < -0.39 is 5.54 Å². The first-order valence-electron chi connectivity index (χ1n) is 6.28. The summed E-state index contributed by atoms with van der Waals surface area (Å²) in [6, 6.07) is 8.53. The molecule has 0 aromatic heterocycles. The molecule has 2 atom stereocenters. The molecule has 2 rings (SSSR count). The van der Waals surface area contributed by atoms with Crippen molar-refractivity contribution in [1.82, 2.24) is 5.32 Å². The van der Waals surface area contributed by atoms with Crippen LogP contribution in [0.5, 0.6) is 0 Å². The van der Waals surface area contributed by atoms with Crippen LogP contribution >= 0.6 is 11.8 Å². The predicted molar refractivity (Wildman–Crippen MR) is 75.7 cm³/mol. The lowest BCUT2D eigenvalue weighted by atomic mass is 9.97. The molecule has 0 heterocycles. The second-order valence-corrected chi connectivity index (χ2v) is 6.37. The van der Waals surface area contributed by atoms with Crippen LogP contribution in [-0.4, -0.2) is 23.7 Å². The zero-order valence-corrected chi connectivity index (χ0v) is 11.7. The summed E-state index contributed by atoms with van der Waals surface area (Å²) in [4.78, 5) is 12.8. The Bertz CT molecular complexity index is 432. The summed E-state index contributed by atoms with van der Waals surface area (Å²) in [6.45, 7) is 2.09. The molecular weight excluding hydrogens is 244 g/mol. The van der Waals surface area contributed by atoms with Gasteiger partial charge in [-0.05, 0) is 45.4 Å². The number of primary amides is 1. The van der Waals surface area contributed by atoms with Gasteiger partial charge in [-0.1, -0.05) is 17.7 Å². The van der Waals surface area contributed by atoms with Gasteiger partial charge in [-0.3, -0.25) is 4.79 Å². The molecule has 1 saturated carbocycles. The highest BCUT2D eigenvalue weighted by atomic mass is 32.2. The summed E-state index contributed by atoms with van der Waals surface area (Å²) in [6.07, 6.45) is 2.68. The molecule has 3 nitrogen and oxygen atoms in total. The van der Waals surface area contributed by atoms with E-state index in [4.69, 9.17) is 5.73 Å². The molecular formula is C14H20N2OS. The monoisotopic (exact) mass is 264 g/mol. The van der Waals surface area contributed by atoms with E-state index in [1.54, 1.807) is 0 Å². The van der Waals surface area contributed by atoms with E-state index in [0.29, 0.717) is 5.25 Å². The fourth-order valence-corrected chi connectivity index (χ4v) is 3.77. The number of nitrogens with two attached hydrogens (primary N) is 1. The molecule has 0 radical (unpaired) electrons. The highest BCUT2D eigenvalue weighted by Gasteiger charge is 2.42. The first kappa shape index (κ1) is 13.4. The minimum atomic E-state index is -0.498. The Morgan fingerprint density at radius 1 is 1.44 bits per heavy atom. The fourth-order valence-electron chi connectivity index (χ4n) is 2.48. The molecule has 4 heteroatoms. The maximum atomic E-state index is 11.5. The van der Waals surface area contributed by atoms with Crippen molar-refractivity contribution in [3.05, 3.63) is 29.8 Å². The van der Waals surface area contributed by atoms with Gasteiger partial charge in [0, 0.05) is 10.1 Å². The molecule has 98 valence electrons. The molecule has 1 aliphatic carbocycles. The van der Waals surface area contributed by atoms with Gasteiger partial charge < -0.3 is 11.1 Å². The zero-order valence-electron chi connectivity index (χ0n) is 10.9. The lowest BCUT2D eigenvalue weighted by molar-refractivity contribution is -0.124. The number of carbonyl (C=O) groups excluding carboxylic acids is 1. The van der Waals surface area contributed by atoms with E-state index in [2.05, 4.69) is 36.5 Å². The Morgan fingerprint density at radius 3 is 2.61 bits per heavy atom. The smallest absolute Gasteiger partial charge is 0.237 e. The highest BCUT2D eigenvalue weighted by Crippen LogP contribution is 2.39. The Hall–Kier alpha value is -1.00. The Morgan fingerprint density at radius 2 is 2.11 bits per heavy atom. The maximum Gasteiger partial charge on any atom is 0.237 e. The van der Waals surface area contributed by atoms with Crippen LogP contribution < -0.4 is 11.1 Å². The number of aryl methyl sites for hydroxylation is 1. The third-order valence-corrected chi connectivity index (χ3v) is 5.02. The van der Waals surface area contributed by atoms with Crippen LogP contribution in [0, 0.1) is 6.92 Å². The van der Waals surface area contributed by atoms with Crippen molar-refractivity contribution in [3.8, 4) is 0 Å². The molecule has 3 N–H and O–H groups in total. The standard InChI is InChI=1S/C14H20N2OS/c1-10-3-5-11(6-4-10)18-12-7-8-14(9-12,16-2)13(15)17/h3-6,12,16H,7-9H2,1-2H3,(H2,15,17). The SMILES string of the molecule is CNC1(C(N)=O)CCC(Sc2ccc(C)cc2)C1. The van der Waals surface area contributed by atoms with Gasteiger partial charge in [0.1, 0.15) is 0 Å². The molecule has 1 amide bonds. The molecule has 2 unspecified atom stereocenters. The number of thioether (sulfide) groups is 1. The number of rotatable bonds is 4. The molecule has 1 aromatic rings. The Labute approximate surface area is 113 Å². The highest BCUT2D eigenvalue weighted by molar-refractivity contribution is 8.00. The average molecular weight is 264 g/mol. The number of hydrogen-bond donors (Lipinski definition) is 2. The van der Waals surface area contributed by atoms with Gasteiger partial charge in [-0.25, -0.2) is 0 Å². The topological polar surface area (TPSA) is 55.1 Å². The van der Waals surface area contributed by atoms with Crippen molar-refractivity contribution in [2.45, 2.75) is 41.9 Å². The van der Waals surface area contributed by atoms with E-state index >= 15 is 0 Å². The second kappa shape index (κ2) is 5.33. The predicted octanol–water partition coefficient (Wildman–Crippen LogP) is 2.08. The zero-order chi connectivity index (χ0) is 13.2. The molecule has 18 heavy (non-hydrogen) atoms. The number of benzene rings is 1. The molecule has 0 aliphatic heterocycles. The van der Waals surface area contributed by atoms with Crippen LogP contribution in [0.1, 0.15) is 24.8 Å². The van der Waals surface area contributed by atoms with Gasteiger partial charge in [0.15, 0.2) is 0 Å².